The van der Waals surface area contributed by atoms with Gasteiger partial charge in [-0.2, -0.15) is 0 Å². The van der Waals surface area contributed by atoms with E-state index >= 15 is 0 Å². The highest BCUT2D eigenvalue weighted by molar-refractivity contribution is 7.99. The number of thioether (sulfide) groups is 1. The summed E-state index contributed by atoms with van der Waals surface area (Å²) in [5.74, 6) is 2.92. The van der Waals surface area contributed by atoms with Crippen LogP contribution in [0.1, 0.15) is 38.7 Å². The van der Waals surface area contributed by atoms with Crippen molar-refractivity contribution >= 4 is 11.8 Å². The molecule has 0 saturated heterocycles. The van der Waals surface area contributed by atoms with Gasteiger partial charge >= 0.3 is 0 Å². The first-order chi connectivity index (χ1) is 7.31. The highest BCUT2D eigenvalue weighted by Crippen LogP contribution is 2.38. The predicted octanol–water partition coefficient (Wildman–Crippen LogP) is 4.32. The fraction of sp³-hybridized carbons (Fsp3) is 0.538. The van der Waals surface area contributed by atoms with E-state index < -0.39 is 0 Å². The van der Waals surface area contributed by atoms with Crippen molar-refractivity contribution in [2.45, 2.75) is 38.0 Å². The molecule has 0 aliphatic carbocycles. The van der Waals surface area contributed by atoms with Gasteiger partial charge in [0.2, 0.25) is 0 Å². The van der Waals surface area contributed by atoms with E-state index in [-0.39, 0.29) is 0 Å². The minimum atomic E-state index is 0.710. The maximum absolute atomic E-state index is 5.20. The smallest absolute Gasteiger partial charge is 0.119 e. The zero-order valence-corrected chi connectivity index (χ0v) is 10.9. The van der Waals surface area contributed by atoms with Crippen molar-refractivity contribution < 1.29 is 4.74 Å². The first kappa shape index (κ1) is 12.4. The van der Waals surface area contributed by atoms with Gasteiger partial charge in [-0.15, -0.1) is 11.8 Å². The Morgan fingerprint density at radius 1 is 1.33 bits per heavy atom. The summed E-state index contributed by atoms with van der Waals surface area (Å²) in [5.41, 5.74) is 1.48. The molecule has 0 saturated carbocycles. The van der Waals surface area contributed by atoms with Crippen molar-refractivity contribution in [1.29, 1.82) is 0 Å². The highest BCUT2D eigenvalue weighted by atomic mass is 32.2. The number of ether oxygens (including phenoxy) is 1. The Morgan fingerprint density at radius 2 is 2.07 bits per heavy atom. The summed E-state index contributed by atoms with van der Waals surface area (Å²) in [6.07, 6.45) is 1.30. The third kappa shape index (κ3) is 2.91. The van der Waals surface area contributed by atoms with E-state index in [0.29, 0.717) is 5.92 Å². The van der Waals surface area contributed by atoms with Crippen LogP contribution in [0.25, 0.3) is 0 Å². The summed E-state index contributed by atoms with van der Waals surface area (Å²) in [6.45, 7) is 6.30. The average Bonchev–Trinajstić information content (AvgIpc) is 2.31. The molecular weight excluding hydrogens is 204 g/mol. The van der Waals surface area contributed by atoms with E-state index in [1.807, 2.05) is 25.6 Å². The van der Waals surface area contributed by atoms with Gasteiger partial charge in [-0.25, -0.2) is 0 Å². The van der Waals surface area contributed by atoms with Gasteiger partial charge in [0.05, 0.1) is 7.11 Å². The Hall–Kier alpha value is -0.630. The fourth-order valence-electron chi connectivity index (χ4n) is 1.67. The Kier molecular flexibility index (Phi) is 5.03. The van der Waals surface area contributed by atoms with Crippen LogP contribution in [-0.2, 0) is 0 Å². The minimum absolute atomic E-state index is 0.710. The zero-order chi connectivity index (χ0) is 11.3. The summed E-state index contributed by atoms with van der Waals surface area (Å²) < 4.78 is 5.20. The summed E-state index contributed by atoms with van der Waals surface area (Å²) >= 11 is 1.94. The van der Waals surface area contributed by atoms with E-state index in [4.69, 9.17) is 4.74 Å². The molecule has 0 radical (unpaired) electrons. The lowest BCUT2D eigenvalue weighted by molar-refractivity contribution is 0.413. The molecule has 0 spiro atoms. The van der Waals surface area contributed by atoms with E-state index in [1.165, 1.54) is 22.6 Å². The van der Waals surface area contributed by atoms with Gasteiger partial charge in [0.1, 0.15) is 5.75 Å². The van der Waals surface area contributed by atoms with Crippen LogP contribution in [-0.4, -0.2) is 12.9 Å². The standard InChI is InChI=1S/C11H14OS.C2H6/c1-8-5-6-13-11-7-9(12-2)3-4-10(8)11;1-2/h3-4,7-8H,5-6H2,1-2H3;1-2H3. The quantitative estimate of drug-likeness (QED) is 0.702. The molecule has 1 unspecified atom stereocenters. The number of rotatable bonds is 1. The monoisotopic (exact) mass is 224 g/mol. The van der Waals surface area contributed by atoms with Gasteiger partial charge in [0.15, 0.2) is 0 Å². The fourth-order valence-corrected chi connectivity index (χ4v) is 3.00. The number of fused-ring (bicyclic) bond motifs is 1. The summed E-state index contributed by atoms with van der Waals surface area (Å²) in [5, 5.41) is 0. The molecule has 1 aromatic rings. The lowest BCUT2D eigenvalue weighted by Crippen LogP contribution is -2.03. The molecule has 0 bridgehead atoms. The molecule has 84 valence electrons. The highest BCUT2D eigenvalue weighted by Gasteiger charge is 2.16. The molecule has 1 aliphatic rings. The number of hydrogen-bond donors (Lipinski definition) is 0. The molecular formula is C13H20OS. The third-order valence-corrected chi connectivity index (χ3v) is 3.66. The molecule has 1 nitrogen and oxygen atoms in total. The maximum Gasteiger partial charge on any atom is 0.119 e. The summed E-state index contributed by atoms with van der Waals surface area (Å²) in [4.78, 5) is 1.40. The molecule has 2 heteroatoms. The topological polar surface area (TPSA) is 9.23 Å². The molecule has 0 fully saturated rings. The first-order valence-corrected chi connectivity index (χ1v) is 6.60. The van der Waals surface area contributed by atoms with Crippen LogP contribution in [0.5, 0.6) is 5.75 Å². The molecule has 1 heterocycles. The van der Waals surface area contributed by atoms with Crippen molar-refractivity contribution in [2.24, 2.45) is 0 Å². The lowest BCUT2D eigenvalue weighted by Gasteiger charge is -2.21. The van der Waals surface area contributed by atoms with Crippen molar-refractivity contribution in [2.75, 3.05) is 12.9 Å². The first-order valence-electron chi connectivity index (χ1n) is 5.62. The van der Waals surface area contributed by atoms with Crippen molar-refractivity contribution in [3.63, 3.8) is 0 Å². The third-order valence-electron chi connectivity index (χ3n) is 2.56. The normalized spacial score (nSPS) is 18.5. The molecule has 0 aromatic heterocycles. The second-order valence-corrected chi connectivity index (χ2v) is 4.58. The maximum atomic E-state index is 5.20. The Morgan fingerprint density at radius 3 is 2.73 bits per heavy atom. The molecule has 1 atom stereocenters. The summed E-state index contributed by atoms with van der Waals surface area (Å²) in [6, 6.07) is 6.40. The molecule has 1 aromatic carbocycles. The Bertz CT molecular complexity index is 309. The van der Waals surface area contributed by atoms with Gasteiger partial charge in [0.25, 0.3) is 0 Å². The molecule has 0 amide bonds. The van der Waals surface area contributed by atoms with E-state index in [2.05, 4.69) is 25.1 Å². The van der Waals surface area contributed by atoms with Crippen LogP contribution in [0.2, 0.25) is 0 Å². The van der Waals surface area contributed by atoms with Crippen molar-refractivity contribution in [1.82, 2.24) is 0 Å². The van der Waals surface area contributed by atoms with Gasteiger partial charge < -0.3 is 4.74 Å². The van der Waals surface area contributed by atoms with Crippen LogP contribution >= 0.6 is 11.8 Å². The molecule has 1 aliphatic heterocycles. The summed E-state index contributed by atoms with van der Waals surface area (Å²) in [7, 11) is 1.72. The van der Waals surface area contributed by atoms with Gasteiger partial charge in [0, 0.05) is 4.90 Å². The number of benzene rings is 1. The SMILES string of the molecule is CC.COc1ccc2c(c1)SCCC2C. The molecule has 2 rings (SSSR count). The van der Waals surface area contributed by atoms with E-state index in [0.717, 1.165) is 5.75 Å². The predicted molar refractivity (Wildman–Crippen MR) is 68.1 cm³/mol. The van der Waals surface area contributed by atoms with Gasteiger partial charge in [-0.3, -0.25) is 0 Å². The number of methoxy groups -OCH3 is 1. The van der Waals surface area contributed by atoms with Crippen molar-refractivity contribution in [3.8, 4) is 5.75 Å². The Labute approximate surface area is 97.2 Å². The van der Waals surface area contributed by atoms with Crippen LogP contribution in [0.4, 0.5) is 0 Å². The van der Waals surface area contributed by atoms with Crippen molar-refractivity contribution in [3.05, 3.63) is 23.8 Å². The molecule has 15 heavy (non-hydrogen) atoms. The molecule has 0 N–H and O–H groups in total. The lowest BCUT2D eigenvalue weighted by atomic mass is 9.98. The average molecular weight is 224 g/mol. The van der Waals surface area contributed by atoms with Gasteiger partial charge in [-0.05, 0) is 35.8 Å². The number of hydrogen-bond acceptors (Lipinski definition) is 2. The largest absolute Gasteiger partial charge is 0.497 e. The van der Waals surface area contributed by atoms with Gasteiger partial charge in [-0.1, -0.05) is 26.8 Å². The van der Waals surface area contributed by atoms with Crippen LogP contribution in [0.3, 0.4) is 0 Å². The minimum Gasteiger partial charge on any atom is -0.497 e. The van der Waals surface area contributed by atoms with E-state index in [1.54, 1.807) is 7.11 Å². The van der Waals surface area contributed by atoms with Crippen LogP contribution in [0, 0.1) is 0 Å². The van der Waals surface area contributed by atoms with E-state index in [9.17, 15) is 0 Å². The second-order valence-electron chi connectivity index (χ2n) is 3.44. The Balaban J connectivity index is 0.000000531. The second kappa shape index (κ2) is 6.06. The van der Waals surface area contributed by atoms with Crippen LogP contribution < -0.4 is 4.74 Å². The van der Waals surface area contributed by atoms with Crippen LogP contribution in [0.15, 0.2) is 23.1 Å². The zero-order valence-electron chi connectivity index (χ0n) is 10.0.